The van der Waals surface area contributed by atoms with Crippen molar-refractivity contribution in [1.82, 2.24) is 25.9 Å². The van der Waals surface area contributed by atoms with E-state index in [1.807, 2.05) is 0 Å². The largest absolute Gasteiger partial charge is 0.480 e. The number of aliphatic hydroxyl groups excluding tert-OH is 1. The predicted octanol–water partition coefficient (Wildman–Crippen LogP) is -3.63. The number of aliphatic carboxylic acids is 1. The first-order valence-electron chi connectivity index (χ1n) is 7.83. The molecule has 0 aliphatic rings. The zero-order valence-corrected chi connectivity index (χ0v) is 15.1. The van der Waals surface area contributed by atoms with Crippen LogP contribution in [-0.4, -0.2) is 80.9 Å². The topological polar surface area (TPSA) is 200 Å². The first kappa shape index (κ1) is 22.4. The Morgan fingerprint density at radius 1 is 1.22 bits per heavy atom. The van der Waals surface area contributed by atoms with Crippen molar-refractivity contribution in [3.8, 4) is 0 Å². The maximum absolute atomic E-state index is 12.0. The summed E-state index contributed by atoms with van der Waals surface area (Å²) in [6, 6.07) is -3.48. The Bertz CT molecular complexity index is 655. The van der Waals surface area contributed by atoms with Gasteiger partial charge in [0.25, 0.3) is 0 Å². The average molecular weight is 402 g/mol. The van der Waals surface area contributed by atoms with Crippen molar-refractivity contribution >= 4 is 36.3 Å². The highest BCUT2D eigenvalue weighted by Gasteiger charge is 2.24. The summed E-state index contributed by atoms with van der Waals surface area (Å²) in [5, 5.41) is 24.8. The molecule has 0 saturated heterocycles. The van der Waals surface area contributed by atoms with Crippen molar-refractivity contribution < 1.29 is 29.4 Å². The van der Waals surface area contributed by atoms with Gasteiger partial charge in [0.2, 0.25) is 17.7 Å². The second-order valence-corrected chi connectivity index (χ2v) is 5.86. The van der Waals surface area contributed by atoms with Gasteiger partial charge < -0.3 is 36.9 Å². The third-order valence-corrected chi connectivity index (χ3v) is 3.75. The Morgan fingerprint density at radius 3 is 2.44 bits per heavy atom. The molecule has 1 heterocycles. The molecule has 27 heavy (non-hydrogen) atoms. The monoisotopic (exact) mass is 402 g/mol. The number of rotatable bonds is 11. The number of imidazole rings is 1. The van der Waals surface area contributed by atoms with Crippen molar-refractivity contribution in [2.45, 2.75) is 24.5 Å². The average Bonchev–Trinajstić information content (AvgIpc) is 3.15. The van der Waals surface area contributed by atoms with Gasteiger partial charge >= 0.3 is 5.97 Å². The van der Waals surface area contributed by atoms with Crippen LogP contribution in [0.15, 0.2) is 12.5 Å². The minimum absolute atomic E-state index is 0.0105. The van der Waals surface area contributed by atoms with Gasteiger partial charge in [-0.05, 0) is 0 Å². The second-order valence-electron chi connectivity index (χ2n) is 5.49. The highest BCUT2D eigenvalue weighted by atomic mass is 32.1. The van der Waals surface area contributed by atoms with Crippen LogP contribution in [0, 0.1) is 0 Å². The smallest absolute Gasteiger partial charge is 0.326 e. The molecule has 150 valence electrons. The summed E-state index contributed by atoms with van der Waals surface area (Å²) in [4.78, 5) is 53.2. The maximum Gasteiger partial charge on any atom is 0.326 e. The number of amides is 3. The molecule has 12 nitrogen and oxygen atoms in total. The van der Waals surface area contributed by atoms with E-state index < -0.39 is 55.0 Å². The molecular formula is C14H22N6O6S. The van der Waals surface area contributed by atoms with Gasteiger partial charge in [-0.15, -0.1) is 0 Å². The zero-order valence-electron chi connectivity index (χ0n) is 14.2. The molecule has 1 aromatic rings. The van der Waals surface area contributed by atoms with Gasteiger partial charge in [0.05, 0.1) is 19.5 Å². The number of H-pyrrole nitrogens is 1. The van der Waals surface area contributed by atoms with Crippen molar-refractivity contribution in [3.05, 3.63) is 18.2 Å². The highest BCUT2D eigenvalue weighted by molar-refractivity contribution is 7.80. The van der Waals surface area contributed by atoms with Gasteiger partial charge in [0.15, 0.2) is 0 Å². The lowest BCUT2D eigenvalue weighted by atomic mass is 10.1. The molecule has 8 N–H and O–H groups in total. The Morgan fingerprint density at radius 2 is 1.93 bits per heavy atom. The number of aromatic amines is 1. The molecule has 0 radical (unpaired) electrons. The molecule has 0 aromatic carbocycles. The lowest BCUT2D eigenvalue weighted by Crippen LogP contribution is -2.55. The second kappa shape index (κ2) is 11.2. The third-order valence-electron chi connectivity index (χ3n) is 3.38. The van der Waals surface area contributed by atoms with Crippen molar-refractivity contribution in [2.75, 3.05) is 18.9 Å². The Labute approximate surface area is 159 Å². The van der Waals surface area contributed by atoms with Gasteiger partial charge in [0.1, 0.15) is 18.1 Å². The first-order valence-corrected chi connectivity index (χ1v) is 8.46. The number of thiol groups is 1. The van der Waals surface area contributed by atoms with E-state index in [1.165, 1.54) is 12.5 Å². The standard InChI is InChI=1S/C14H22N6O6S/c15-8(4-21)12(23)20-10(5-27)13(24)17-3-11(22)19-9(14(25)26)1-7-2-16-6-18-7/h2,6,8-10,21,27H,1,3-5,15H2,(H,16,18)(H,17,24)(H,19,22)(H,20,23)(H,25,26). The summed E-state index contributed by atoms with van der Waals surface area (Å²) < 4.78 is 0. The summed E-state index contributed by atoms with van der Waals surface area (Å²) in [5.41, 5.74) is 5.85. The quantitative estimate of drug-likeness (QED) is 0.173. The van der Waals surface area contributed by atoms with Crippen molar-refractivity contribution in [1.29, 1.82) is 0 Å². The van der Waals surface area contributed by atoms with E-state index in [0.29, 0.717) is 5.69 Å². The van der Waals surface area contributed by atoms with Crippen LogP contribution in [-0.2, 0) is 25.6 Å². The minimum atomic E-state index is -1.25. The molecular weight excluding hydrogens is 380 g/mol. The fourth-order valence-electron chi connectivity index (χ4n) is 1.91. The number of carboxylic acids is 1. The van der Waals surface area contributed by atoms with Crippen LogP contribution >= 0.6 is 12.6 Å². The van der Waals surface area contributed by atoms with Crippen LogP contribution < -0.4 is 21.7 Å². The van der Waals surface area contributed by atoms with E-state index in [2.05, 4.69) is 38.5 Å². The predicted molar refractivity (Wildman–Crippen MR) is 95.7 cm³/mol. The number of hydrogen-bond acceptors (Lipinski definition) is 8. The lowest BCUT2D eigenvalue weighted by molar-refractivity contribution is -0.141. The van der Waals surface area contributed by atoms with E-state index in [-0.39, 0.29) is 12.2 Å². The van der Waals surface area contributed by atoms with Crippen LogP contribution in [0.4, 0.5) is 0 Å². The fraction of sp³-hybridized carbons (Fsp3) is 0.500. The molecule has 0 saturated carbocycles. The number of nitrogens with two attached hydrogens (primary N) is 1. The minimum Gasteiger partial charge on any atom is -0.480 e. The Hall–Kier alpha value is -2.64. The summed E-state index contributed by atoms with van der Waals surface area (Å²) in [6.45, 7) is -1.10. The molecule has 13 heteroatoms. The number of carbonyl (C=O) groups is 4. The molecule has 0 fully saturated rings. The van der Waals surface area contributed by atoms with Crippen molar-refractivity contribution in [2.24, 2.45) is 5.73 Å². The third kappa shape index (κ3) is 7.64. The summed E-state index contributed by atoms with van der Waals surface area (Å²) in [6.07, 6.45) is 2.80. The van der Waals surface area contributed by atoms with Crippen LogP contribution in [0.5, 0.6) is 0 Å². The van der Waals surface area contributed by atoms with E-state index in [4.69, 9.17) is 10.8 Å². The molecule has 1 rings (SSSR count). The molecule has 0 aliphatic heterocycles. The van der Waals surface area contributed by atoms with Gasteiger partial charge in [0, 0.05) is 24.1 Å². The number of carbonyl (C=O) groups excluding carboxylic acids is 3. The molecule has 3 atom stereocenters. The SMILES string of the molecule is NC(CO)C(=O)NC(CS)C(=O)NCC(=O)NC(Cc1cnc[nH]1)C(=O)O. The highest BCUT2D eigenvalue weighted by Crippen LogP contribution is 1.99. The number of nitrogens with zero attached hydrogens (tertiary/aromatic N) is 1. The fourth-order valence-corrected chi connectivity index (χ4v) is 2.17. The summed E-state index contributed by atoms with van der Waals surface area (Å²) in [5.74, 6) is -3.51. The van der Waals surface area contributed by atoms with Gasteiger partial charge in [-0.1, -0.05) is 0 Å². The number of aliphatic hydroxyl groups is 1. The van der Waals surface area contributed by atoms with Crippen molar-refractivity contribution in [3.63, 3.8) is 0 Å². The Kier molecular flexibility index (Phi) is 9.25. The summed E-state index contributed by atoms with van der Waals surface area (Å²) >= 11 is 3.94. The van der Waals surface area contributed by atoms with E-state index >= 15 is 0 Å². The lowest BCUT2D eigenvalue weighted by Gasteiger charge is -2.19. The normalized spacial score (nSPS) is 13.9. The molecule has 3 amide bonds. The first-order chi connectivity index (χ1) is 12.8. The maximum atomic E-state index is 12.0. The summed E-state index contributed by atoms with van der Waals surface area (Å²) in [7, 11) is 0. The van der Waals surface area contributed by atoms with Crippen LogP contribution in [0.2, 0.25) is 0 Å². The number of aromatic nitrogens is 2. The number of carboxylic acid groups (broad SMARTS) is 1. The molecule has 0 bridgehead atoms. The van der Waals surface area contributed by atoms with E-state index in [0.717, 1.165) is 0 Å². The molecule has 0 spiro atoms. The van der Waals surface area contributed by atoms with E-state index in [1.54, 1.807) is 0 Å². The molecule has 0 aliphatic carbocycles. The van der Waals surface area contributed by atoms with Gasteiger partial charge in [-0.2, -0.15) is 12.6 Å². The number of hydrogen-bond donors (Lipinski definition) is 8. The van der Waals surface area contributed by atoms with E-state index in [9.17, 15) is 24.3 Å². The Balaban J connectivity index is 2.51. The van der Waals surface area contributed by atoms with Gasteiger partial charge in [-0.25, -0.2) is 9.78 Å². The van der Waals surface area contributed by atoms with Crippen LogP contribution in [0.1, 0.15) is 5.69 Å². The van der Waals surface area contributed by atoms with Crippen LogP contribution in [0.3, 0.4) is 0 Å². The number of nitrogens with one attached hydrogen (secondary N) is 4. The zero-order chi connectivity index (χ0) is 20.4. The van der Waals surface area contributed by atoms with Gasteiger partial charge in [-0.3, -0.25) is 14.4 Å². The van der Waals surface area contributed by atoms with Crippen LogP contribution in [0.25, 0.3) is 0 Å². The molecule has 3 unspecified atom stereocenters. The molecule has 1 aromatic heterocycles.